The van der Waals surface area contributed by atoms with Gasteiger partial charge in [-0.2, -0.15) is 0 Å². The van der Waals surface area contributed by atoms with E-state index in [9.17, 15) is 0 Å². The quantitative estimate of drug-likeness (QED) is 0.946. The summed E-state index contributed by atoms with van der Waals surface area (Å²) in [7, 11) is 3.39. The number of hydrogen-bond donors (Lipinski definition) is 1. The first-order valence-corrected chi connectivity index (χ1v) is 5.70. The van der Waals surface area contributed by atoms with E-state index in [0.29, 0.717) is 17.3 Å². The highest BCUT2D eigenvalue weighted by molar-refractivity contribution is 9.10. The number of aryl methyl sites for hydroxylation is 1. The maximum atomic E-state index is 5.75. The Balaban J connectivity index is 2.27. The number of benzene rings is 1. The Bertz CT molecular complexity index is 540. The fourth-order valence-corrected chi connectivity index (χ4v) is 1.80. The van der Waals surface area contributed by atoms with Gasteiger partial charge in [0.25, 0.3) is 5.88 Å². The molecule has 1 aromatic heterocycles. The number of aromatic nitrogens is 2. The fourth-order valence-electron chi connectivity index (χ4n) is 1.36. The molecular formula is C11H12BrN3O2. The van der Waals surface area contributed by atoms with Crippen molar-refractivity contribution in [3.05, 3.63) is 28.9 Å². The Morgan fingerprint density at radius 2 is 2.18 bits per heavy atom. The Kier molecular flexibility index (Phi) is 3.23. The van der Waals surface area contributed by atoms with Crippen molar-refractivity contribution in [1.29, 1.82) is 0 Å². The zero-order chi connectivity index (χ0) is 12.4. The summed E-state index contributed by atoms with van der Waals surface area (Å²) in [6.45, 7) is 0. The lowest BCUT2D eigenvalue weighted by molar-refractivity contribution is 0.411. The van der Waals surface area contributed by atoms with Gasteiger partial charge >= 0.3 is 0 Å². The molecule has 0 aliphatic rings. The third-order valence-electron chi connectivity index (χ3n) is 2.17. The van der Waals surface area contributed by atoms with Crippen LogP contribution in [0.4, 0.5) is 5.69 Å². The van der Waals surface area contributed by atoms with Crippen LogP contribution in [0.25, 0.3) is 0 Å². The Labute approximate surface area is 107 Å². The highest BCUT2D eigenvalue weighted by atomic mass is 79.9. The van der Waals surface area contributed by atoms with Crippen molar-refractivity contribution in [1.82, 2.24) is 9.78 Å². The lowest BCUT2D eigenvalue weighted by atomic mass is 10.3. The highest BCUT2D eigenvalue weighted by Crippen LogP contribution is 2.33. The minimum atomic E-state index is 0.387. The van der Waals surface area contributed by atoms with Gasteiger partial charge in [-0.1, -0.05) is 0 Å². The molecule has 0 radical (unpaired) electrons. The number of hydrogen-bond acceptors (Lipinski definition) is 4. The first kappa shape index (κ1) is 11.8. The van der Waals surface area contributed by atoms with Gasteiger partial charge in [0.2, 0.25) is 0 Å². The molecule has 0 atom stereocenters. The van der Waals surface area contributed by atoms with E-state index in [1.165, 1.54) is 0 Å². The van der Waals surface area contributed by atoms with Gasteiger partial charge in [0.15, 0.2) is 0 Å². The van der Waals surface area contributed by atoms with Crippen molar-refractivity contribution < 1.29 is 9.47 Å². The molecule has 0 fully saturated rings. The SMILES string of the molecule is COc1ccc(Oc2nn(C)cc2N)c(Br)c1. The molecule has 0 spiro atoms. The molecule has 1 heterocycles. The number of rotatable bonds is 3. The largest absolute Gasteiger partial charge is 0.497 e. The van der Waals surface area contributed by atoms with Crippen molar-refractivity contribution in [3.63, 3.8) is 0 Å². The van der Waals surface area contributed by atoms with E-state index in [0.717, 1.165) is 10.2 Å². The number of ether oxygens (including phenoxy) is 2. The molecule has 1 aromatic carbocycles. The van der Waals surface area contributed by atoms with Gasteiger partial charge in [-0.15, -0.1) is 5.10 Å². The maximum Gasteiger partial charge on any atom is 0.261 e. The van der Waals surface area contributed by atoms with Gasteiger partial charge in [-0.05, 0) is 34.1 Å². The summed E-state index contributed by atoms with van der Waals surface area (Å²) in [5.74, 6) is 1.77. The average molecular weight is 298 g/mol. The van der Waals surface area contributed by atoms with E-state index < -0.39 is 0 Å². The summed E-state index contributed by atoms with van der Waals surface area (Å²) in [5.41, 5.74) is 6.24. The van der Waals surface area contributed by atoms with Crippen molar-refractivity contribution in [3.8, 4) is 17.4 Å². The van der Waals surface area contributed by atoms with Crippen molar-refractivity contribution in [2.75, 3.05) is 12.8 Å². The van der Waals surface area contributed by atoms with Crippen LogP contribution in [0, 0.1) is 0 Å². The Morgan fingerprint density at radius 1 is 1.41 bits per heavy atom. The summed E-state index contributed by atoms with van der Waals surface area (Å²) >= 11 is 3.40. The molecule has 0 amide bonds. The molecule has 5 nitrogen and oxygen atoms in total. The highest BCUT2D eigenvalue weighted by Gasteiger charge is 2.09. The Hall–Kier alpha value is -1.69. The van der Waals surface area contributed by atoms with Gasteiger partial charge in [0.05, 0.1) is 17.8 Å². The molecule has 0 saturated carbocycles. The van der Waals surface area contributed by atoms with Crippen LogP contribution in [0.15, 0.2) is 28.9 Å². The smallest absolute Gasteiger partial charge is 0.261 e. The van der Waals surface area contributed by atoms with E-state index >= 15 is 0 Å². The second-order valence-corrected chi connectivity index (χ2v) is 4.32. The lowest BCUT2D eigenvalue weighted by Gasteiger charge is -2.07. The molecule has 0 aliphatic carbocycles. The van der Waals surface area contributed by atoms with Crippen LogP contribution in [0.3, 0.4) is 0 Å². The second kappa shape index (κ2) is 4.67. The molecular weight excluding hydrogens is 286 g/mol. The van der Waals surface area contributed by atoms with Crippen molar-refractivity contribution in [2.24, 2.45) is 7.05 Å². The second-order valence-electron chi connectivity index (χ2n) is 3.46. The van der Waals surface area contributed by atoms with Crippen molar-refractivity contribution in [2.45, 2.75) is 0 Å². The van der Waals surface area contributed by atoms with Crippen LogP contribution in [0.1, 0.15) is 0 Å². The molecule has 6 heteroatoms. The van der Waals surface area contributed by atoms with Gasteiger partial charge in [-0.3, -0.25) is 4.68 Å². The van der Waals surface area contributed by atoms with Crippen LogP contribution >= 0.6 is 15.9 Å². The number of nitrogens with zero attached hydrogens (tertiary/aromatic N) is 2. The lowest BCUT2D eigenvalue weighted by Crippen LogP contribution is -1.92. The number of nitrogens with two attached hydrogens (primary N) is 1. The van der Waals surface area contributed by atoms with E-state index in [2.05, 4.69) is 21.0 Å². The maximum absolute atomic E-state index is 5.75. The molecule has 2 aromatic rings. The third kappa shape index (κ3) is 2.52. The number of anilines is 1. The zero-order valence-electron chi connectivity index (χ0n) is 9.48. The zero-order valence-corrected chi connectivity index (χ0v) is 11.1. The first-order chi connectivity index (χ1) is 8.10. The van der Waals surface area contributed by atoms with E-state index in [4.69, 9.17) is 15.2 Å². The number of nitrogen functional groups attached to an aromatic ring is 1. The van der Waals surface area contributed by atoms with Crippen LogP contribution in [-0.2, 0) is 7.05 Å². The van der Waals surface area contributed by atoms with Crippen LogP contribution in [0.2, 0.25) is 0 Å². The molecule has 0 unspecified atom stereocenters. The van der Waals surface area contributed by atoms with Crippen LogP contribution < -0.4 is 15.2 Å². The minimum absolute atomic E-state index is 0.387. The van der Waals surface area contributed by atoms with Crippen molar-refractivity contribution >= 4 is 21.6 Å². The summed E-state index contributed by atoms with van der Waals surface area (Å²) in [6.07, 6.45) is 1.69. The van der Waals surface area contributed by atoms with Gasteiger partial charge in [-0.25, -0.2) is 0 Å². The summed E-state index contributed by atoms with van der Waals surface area (Å²) in [5, 5.41) is 4.11. The number of halogens is 1. The summed E-state index contributed by atoms with van der Waals surface area (Å²) < 4.78 is 13.1. The Morgan fingerprint density at radius 3 is 2.71 bits per heavy atom. The normalized spacial score (nSPS) is 10.3. The van der Waals surface area contributed by atoms with Crippen LogP contribution in [0.5, 0.6) is 17.4 Å². The van der Waals surface area contributed by atoms with E-state index in [1.807, 2.05) is 6.07 Å². The molecule has 0 saturated heterocycles. The van der Waals surface area contributed by atoms with E-state index in [1.54, 1.807) is 37.2 Å². The van der Waals surface area contributed by atoms with Gasteiger partial charge in [0, 0.05) is 7.05 Å². The summed E-state index contributed by atoms with van der Waals surface area (Å²) in [6, 6.07) is 5.41. The average Bonchev–Trinajstić information content (AvgIpc) is 2.60. The molecule has 90 valence electrons. The fraction of sp³-hybridized carbons (Fsp3) is 0.182. The number of methoxy groups -OCH3 is 1. The van der Waals surface area contributed by atoms with Gasteiger partial charge < -0.3 is 15.2 Å². The predicted molar refractivity (Wildman–Crippen MR) is 68.4 cm³/mol. The topological polar surface area (TPSA) is 62.3 Å². The van der Waals surface area contributed by atoms with Gasteiger partial charge in [0.1, 0.15) is 17.2 Å². The third-order valence-corrected chi connectivity index (χ3v) is 2.79. The molecule has 2 rings (SSSR count). The minimum Gasteiger partial charge on any atom is -0.497 e. The first-order valence-electron chi connectivity index (χ1n) is 4.90. The van der Waals surface area contributed by atoms with E-state index in [-0.39, 0.29) is 0 Å². The summed E-state index contributed by atoms with van der Waals surface area (Å²) in [4.78, 5) is 0. The molecule has 2 N–H and O–H groups in total. The monoisotopic (exact) mass is 297 g/mol. The predicted octanol–water partition coefficient (Wildman–Crippen LogP) is 2.57. The molecule has 17 heavy (non-hydrogen) atoms. The molecule has 0 bridgehead atoms. The van der Waals surface area contributed by atoms with Crippen LogP contribution in [-0.4, -0.2) is 16.9 Å². The standard InChI is InChI=1S/C11H12BrN3O2/c1-15-6-9(13)11(14-15)17-10-4-3-7(16-2)5-8(10)12/h3-6H,13H2,1-2H3. The molecule has 0 aliphatic heterocycles.